The van der Waals surface area contributed by atoms with E-state index in [-0.39, 0.29) is 12.5 Å². The quantitative estimate of drug-likeness (QED) is 0.730. The number of imidazole rings is 1. The van der Waals surface area contributed by atoms with Gasteiger partial charge in [0, 0.05) is 18.8 Å². The Bertz CT molecular complexity index is 964. The molecule has 2 aromatic carbocycles. The zero-order valence-electron chi connectivity index (χ0n) is 15.4. The van der Waals surface area contributed by atoms with E-state index in [0.717, 1.165) is 36.1 Å². The summed E-state index contributed by atoms with van der Waals surface area (Å²) in [7, 11) is 0. The summed E-state index contributed by atoms with van der Waals surface area (Å²) in [6, 6.07) is 15.9. The van der Waals surface area contributed by atoms with Crippen LogP contribution >= 0.6 is 0 Å². The van der Waals surface area contributed by atoms with E-state index in [1.807, 2.05) is 51.9 Å². The lowest BCUT2D eigenvalue weighted by molar-refractivity contribution is -0.119. The second-order valence-corrected chi connectivity index (χ2v) is 7.02. The van der Waals surface area contributed by atoms with Crippen LogP contribution in [0.15, 0.2) is 48.5 Å². The SMILES string of the molecule is CC(O)CNc1nc2ccccc2n1CC(=O)N1CCCc2ccccc21. The third-order valence-corrected chi connectivity index (χ3v) is 4.91. The number of carbonyl (C=O) groups is 1. The Labute approximate surface area is 158 Å². The Morgan fingerprint density at radius 2 is 2.00 bits per heavy atom. The van der Waals surface area contributed by atoms with Crippen molar-refractivity contribution >= 4 is 28.6 Å². The number of nitrogens with one attached hydrogen (secondary N) is 1. The number of hydrogen-bond donors (Lipinski definition) is 2. The summed E-state index contributed by atoms with van der Waals surface area (Å²) in [5, 5.41) is 12.8. The summed E-state index contributed by atoms with van der Waals surface area (Å²) in [4.78, 5) is 19.6. The Kier molecular flexibility index (Phi) is 4.81. The molecule has 2 N–H and O–H groups in total. The summed E-state index contributed by atoms with van der Waals surface area (Å²) in [5.41, 5.74) is 3.97. The number of aryl methyl sites for hydroxylation is 1. The van der Waals surface area contributed by atoms with Crippen molar-refractivity contribution in [2.24, 2.45) is 0 Å². The van der Waals surface area contributed by atoms with Crippen molar-refractivity contribution < 1.29 is 9.90 Å². The zero-order chi connectivity index (χ0) is 18.8. The number of aliphatic hydroxyl groups excluding tert-OH is 1. The smallest absolute Gasteiger partial charge is 0.247 e. The fourth-order valence-corrected chi connectivity index (χ4v) is 3.62. The topological polar surface area (TPSA) is 70.4 Å². The van der Waals surface area contributed by atoms with Crippen molar-refractivity contribution in [2.75, 3.05) is 23.3 Å². The van der Waals surface area contributed by atoms with E-state index >= 15 is 0 Å². The molecule has 0 bridgehead atoms. The van der Waals surface area contributed by atoms with Crippen LogP contribution < -0.4 is 10.2 Å². The maximum absolute atomic E-state index is 13.2. The second kappa shape index (κ2) is 7.40. The van der Waals surface area contributed by atoms with E-state index < -0.39 is 6.10 Å². The molecule has 140 valence electrons. The number of aliphatic hydroxyl groups is 1. The summed E-state index contributed by atoms with van der Waals surface area (Å²) in [6.07, 6.45) is 1.48. The molecule has 27 heavy (non-hydrogen) atoms. The van der Waals surface area contributed by atoms with Gasteiger partial charge in [-0.2, -0.15) is 0 Å². The second-order valence-electron chi connectivity index (χ2n) is 7.02. The minimum atomic E-state index is -0.497. The molecule has 1 amide bonds. The van der Waals surface area contributed by atoms with Crippen LogP contribution in [0.25, 0.3) is 11.0 Å². The summed E-state index contributed by atoms with van der Waals surface area (Å²) in [5.74, 6) is 0.654. The van der Waals surface area contributed by atoms with E-state index in [1.165, 1.54) is 5.56 Å². The van der Waals surface area contributed by atoms with Gasteiger partial charge in [0.2, 0.25) is 11.9 Å². The molecule has 0 saturated heterocycles. The van der Waals surface area contributed by atoms with E-state index in [4.69, 9.17) is 0 Å². The van der Waals surface area contributed by atoms with Crippen molar-refractivity contribution in [2.45, 2.75) is 32.4 Å². The van der Waals surface area contributed by atoms with Crippen LogP contribution in [0.1, 0.15) is 18.9 Å². The molecule has 0 spiro atoms. The number of hydrogen-bond acceptors (Lipinski definition) is 4. The highest BCUT2D eigenvalue weighted by Crippen LogP contribution is 2.28. The molecule has 0 radical (unpaired) electrons. The van der Waals surface area contributed by atoms with Gasteiger partial charge in [-0.05, 0) is 43.5 Å². The molecule has 6 nitrogen and oxygen atoms in total. The first-order valence-corrected chi connectivity index (χ1v) is 9.39. The molecule has 3 aromatic rings. The lowest BCUT2D eigenvalue weighted by atomic mass is 10.0. The van der Waals surface area contributed by atoms with E-state index in [9.17, 15) is 9.90 Å². The van der Waals surface area contributed by atoms with Crippen molar-refractivity contribution in [3.8, 4) is 0 Å². The first-order valence-electron chi connectivity index (χ1n) is 9.39. The van der Waals surface area contributed by atoms with Crippen LogP contribution in [0.4, 0.5) is 11.6 Å². The third kappa shape index (κ3) is 3.53. The molecule has 0 saturated carbocycles. The third-order valence-electron chi connectivity index (χ3n) is 4.91. The molecule has 0 aliphatic carbocycles. The van der Waals surface area contributed by atoms with Crippen LogP contribution in [0, 0.1) is 0 Å². The van der Waals surface area contributed by atoms with Gasteiger partial charge in [-0.25, -0.2) is 4.98 Å². The molecule has 4 rings (SSSR count). The van der Waals surface area contributed by atoms with Gasteiger partial charge in [0.1, 0.15) is 6.54 Å². The predicted molar refractivity (Wildman–Crippen MR) is 107 cm³/mol. The summed E-state index contributed by atoms with van der Waals surface area (Å²) < 4.78 is 1.90. The molecular weight excluding hydrogens is 340 g/mol. The van der Waals surface area contributed by atoms with Gasteiger partial charge in [-0.3, -0.25) is 4.79 Å². The molecule has 0 fully saturated rings. The monoisotopic (exact) mass is 364 g/mol. The Morgan fingerprint density at radius 1 is 1.22 bits per heavy atom. The highest BCUT2D eigenvalue weighted by atomic mass is 16.3. The Hall–Kier alpha value is -2.86. The molecule has 1 atom stereocenters. The number of amides is 1. The number of rotatable bonds is 5. The first kappa shape index (κ1) is 17.5. The minimum Gasteiger partial charge on any atom is -0.392 e. The average Bonchev–Trinajstić information content (AvgIpc) is 3.03. The molecule has 1 unspecified atom stereocenters. The van der Waals surface area contributed by atoms with Gasteiger partial charge < -0.3 is 19.9 Å². The summed E-state index contributed by atoms with van der Waals surface area (Å²) >= 11 is 0. The predicted octanol–water partition coefficient (Wildman–Crippen LogP) is 2.81. The maximum Gasteiger partial charge on any atom is 0.247 e. The van der Waals surface area contributed by atoms with Crippen molar-refractivity contribution in [1.82, 2.24) is 9.55 Å². The maximum atomic E-state index is 13.2. The molecule has 1 aromatic heterocycles. The van der Waals surface area contributed by atoms with Crippen LogP contribution in [0.3, 0.4) is 0 Å². The largest absolute Gasteiger partial charge is 0.392 e. The van der Waals surface area contributed by atoms with Gasteiger partial charge >= 0.3 is 0 Å². The van der Waals surface area contributed by atoms with E-state index in [2.05, 4.69) is 16.4 Å². The van der Waals surface area contributed by atoms with Gasteiger partial charge in [0.15, 0.2) is 0 Å². The fourth-order valence-electron chi connectivity index (χ4n) is 3.62. The minimum absolute atomic E-state index is 0.0467. The number of fused-ring (bicyclic) bond motifs is 2. The number of benzene rings is 2. The molecular formula is C21H24N4O2. The van der Waals surface area contributed by atoms with Crippen molar-refractivity contribution in [3.05, 3.63) is 54.1 Å². The zero-order valence-corrected chi connectivity index (χ0v) is 15.4. The van der Waals surface area contributed by atoms with Crippen LogP contribution in [-0.4, -0.2) is 39.8 Å². The lowest BCUT2D eigenvalue weighted by Gasteiger charge is -2.29. The number of para-hydroxylation sites is 3. The van der Waals surface area contributed by atoms with Crippen LogP contribution in [0.5, 0.6) is 0 Å². The van der Waals surface area contributed by atoms with Crippen LogP contribution in [-0.2, 0) is 17.8 Å². The van der Waals surface area contributed by atoms with Crippen molar-refractivity contribution in [3.63, 3.8) is 0 Å². The van der Waals surface area contributed by atoms with Crippen LogP contribution in [0.2, 0.25) is 0 Å². The highest BCUT2D eigenvalue weighted by Gasteiger charge is 2.24. The average molecular weight is 364 g/mol. The number of nitrogens with zero attached hydrogens (tertiary/aromatic N) is 3. The van der Waals surface area contributed by atoms with Gasteiger partial charge in [0.05, 0.1) is 17.1 Å². The normalized spacial score (nSPS) is 14.8. The van der Waals surface area contributed by atoms with E-state index in [0.29, 0.717) is 12.5 Å². The number of anilines is 2. The Morgan fingerprint density at radius 3 is 2.85 bits per heavy atom. The molecule has 1 aliphatic rings. The summed E-state index contributed by atoms with van der Waals surface area (Å²) in [6.45, 7) is 3.04. The van der Waals surface area contributed by atoms with E-state index in [1.54, 1.807) is 6.92 Å². The number of aromatic nitrogens is 2. The molecule has 2 heterocycles. The fraction of sp³-hybridized carbons (Fsp3) is 0.333. The molecule has 1 aliphatic heterocycles. The lowest BCUT2D eigenvalue weighted by Crippen LogP contribution is -2.38. The molecule has 6 heteroatoms. The Balaban J connectivity index is 1.65. The van der Waals surface area contributed by atoms with Gasteiger partial charge in [0.25, 0.3) is 0 Å². The highest BCUT2D eigenvalue weighted by molar-refractivity contribution is 5.95. The first-order chi connectivity index (χ1) is 13.1. The van der Waals surface area contributed by atoms with Crippen molar-refractivity contribution in [1.29, 1.82) is 0 Å². The van der Waals surface area contributed by atoms with Gasteiger partial charge in [-0.1, -0.05) is 30.3 Å². The van der Waals surface area contributed by atoms with Gasteiger partial charge in [-0.15, -0.1) is 0 Å². The standard InChI is InChI=1S/C21H24N4O2/c1-15(26)13-22-21-23-17-9-3-5-11-19(17)25(21)14-20(27)24-12-6-8-16-7-2-4-10-18(16)24/h2-5,7,9-11,15,26H,6,8,12-14H2,1H3,(H,22,23). The number of carbonyl (C=O) groups excluding carboxylic acids is 1.